The topological polar surface area (TPSA) is 65.2 Å². The van der Waals surface area contributed by atoms with E-state index in [9.17, 15) is 4.39 Å². The molecule has 25 heavy (non-hydrogen) atoms. The van der Waals surface area contributed by atoms with Gasteiger partial charge in [-0.2, -0.15) is 15.0 Å². The maximum atomic E-state index is 14.0. The number of nitrogens with zero attached hydrogens (tertiary/aromatic N) is 5. The summed E-state index contributed by atoms with van der Waals surface area (Å²) in [5.74, 6) is 0.436. The molecule has 0 spiro atoms. The largest absolute Gasteiger partial charge is 0.456 e. The van der Waals surface area contributed by atoms with Gasteiger partial charge in [0.1, 0.15) is 23.0 Å². The van der Waals surface area contributed by atoms with Crippen molar-refractivity contribution < 1.29 is 9.13 Å². The molecular weight excluding hydrogens is 321 g/mol. The number of rotatable bonds is 4. The first kappa shape index (κ1) is 15.2. The number of aliphatic imine (C=N–C) groups is 1. The smallest absolute Gasteiger partial charge is 0.145 e. The standard InChI is InChI=1S/C18H14FN5O/c19-13-8-14(10-16(9-13)25-15-4-3-6-20-11-15)24-22-12-18(23-24)17-5-1-2-7-21-17/h1-4,6-12,17H,5H2. The van der Waals surface area contributed by atoms with Gasteiger partial charge < -0.3 is 4.74 Å². The Morgan fingerprint density at radius 2 is 2.12 bits per heavy atom. The first-order valence-corrected chi connectivity index (χ1v) is 7.77. The van der Waals surface area contributed by atoms with Crippen LogP contribution in [0.15, 0.2) is 66.1 Å². The highest BCUT2D eigenvalue weighted by molar-refractivity contribution is 5.72. The Morgan fingerprint density at radius 3 is 2.92 bits per heavy atom. The summed E-state index contributed by atoms with van der Waals surface area (Å²) in [6, 6.07) is 7.76. The first-order valence-electron chi connectivity index (χ1n) is 7.77. The van der Waals surface area contributed by atoms with Crippen LogP contribution < -0.4 is 4.74 Å². The van der Waals surface area contributed by atoms with Crippen molar-refractivity contribution in [2.45, 2.75) is 12.5 Å². The average molecular weight is 335 g/mol. The fourth-order valence-corrected chi connectivity index (χ4v) is 2.50. The maximum Gasteiger partial charge on any atom is 0.145 e. The third kappa shape index (κ3) is 3.45. The molecule has 1 atom stereocenters. The fourth-order valence-electron chi connectivity index (χ4n) is 2.50. The molecule has 0 saturated carbocycles. The number of aromatic nitrogens is 4. The SMILES string of the molecule is Fc1cc(Oc2cccnc2)cc(-n2ncc(C3CC=CC=N3)n2)c1. The van der Waals surface area contributed by atoms with Crippen molar-refractivity contribution in [3.8, 4) is 17.2 Å². The van der Waals surface area contributed by atoms with E-state index in [1.54, 1.807) is 43.0 Å². The summed E-state index contributed by atoms with van der Waals surface area (Å²) in [6.07, 6.45) is 11.3. The van der Waals surface area contributed by atoms with Crippen LogP contribution in [0.3, 0.4) is 0 Å². The Kier molecular flexibility index (Phi) is 4.04. The number of halogens is 1. The van der Waals surface area contributed by atoms with Gasteiger partial charge in [0.2, 0.25) is 0 Å². The van der Waals surface area contributed by atoms with Crippen molar-refractivity contribution in [1.82, 2.24) is 20.0 Å². The Balaban J connectivity index is 1.61. The highest BCUT2D eigenvalue weighted by Crippen LogP contribution is 2.25. The summed E-state index contributed by atoms with van der Waals surface area (Å²) in [6.45, 7) is 0. The molecular formula is C18H14FN5O. The summed E-state index contributed by atoms with van der Waals surface area (Å²) in [5.41, 5.74) is 1.21. The highest BCUT2D eigenvalue weighted by Gasteiger charge is 2.15. The summed E-state index contributed by atoms with van der Waals surface area (Å²) in [5, 5.41) is 8.64. The van der Waals surface area contributed by atoms with Gasteiger partial charge in [-0.25, -0.2) is 4.39 Å². The summed E-state index contributed by atoms with van der Waals surface area (Å²) in [7, 11) is 0. The van der Waals surface area contributed by atoms with E-state index in [1.807, 2.05) is 12.2 Å². The van der Waals surface area contributed by atoms with Crippen LogP contribution in [-0.2, 0) is 0 Å². The lowest BCUT2D eigenvalue weighted by molar-refractivity contribution is 0.473. The van der Waals surface area contributed by atoms with E-state index in [2.05, 4.69) is 20.2 Å². The predicted molar refractivity (Wildman–Crippen MR) is 90.6 cm³/mol. The Labute approximate surface area is 143 Å². The molecule has 1 aromatic carbocycles. The normalized spacial score (nSPS) is 16.1. The van der Waals surface area contributed by atoms with Crippen molar-refractivity contribution in [1.29, 1.82) is 0 Å². The van der Waals surface area contributed by atoms with Crippen molar-refractivity contribution in [3.05, 3.63) is 72.6 Å². The molecule has 0 N–H and O–H groups in total. The van der Waals surface area contributed by atoms with Gasteiger partial charge in [-0.1, -0.05) is 6.08 Å². The second-order valence-corrected chi connectivity index (χ2v) is 5.47. The Hall–Kier alpha value is -3.35. The molecule has 0 aliphatic carbocycles. The molecule has 3 aromatic rings. The molecule has 7 heteroatoms. The van der Waals surface area contributed by atoms with E-state index >= 15 is 0 Å². The quantitative estimate of drug-likeness (QED) is 0.730. The van der Waals surface area contributed by atoms with Crippen LogP contribution in [0, 0.1) is 5.82 Å². The van der Waals surface area contributed by atoms with E-state index in [0.29, 0.717) is 17.2 Å². The number of ether oxygens (including phenoxy) is 1. The second kappa shape index (κ2) is 6.64. The molecule has 6 nitrogen and oxygen atoms in total. The van der Waals surface area contributed by atoms with Crippen LogP contribution >= 0.6 is 0 Å². The van der Waals surface area contributed by atoms with Crippen molar-refractivity contribution in [2.75, 3.05) is 0 Å². The fraction of sp³-hybridized carbons (Fsp3) is 0.111. The zero-order valence-corrected chi connectivity index (χ0v) is 13.2. The number of allylic oxidation sites excluding steroid dienone is 1. The van der Waals surface area contributed by atoms with Gasteiger partial charge in [-0.05, 0) is 24.6 Å². The van der Waals surface area contributed by atoms with Gasteiger partial charge in [0, 0.05) is 30.6 Å². The summed E-state index contributed by atoms with van der Waals surface area (Å²) >= 11 is 0. The second-order valence-electron chi connectivity index (χ2n) is 5.47. The third-order valence-electron chi connectivity index (χ3n) is 3.66. The lowest BCUT2D eigenvalue weighted by Crippen LogP contribution is -2.03. The van der Waals surface area contributed by atoms with E-state index in [1.165, 1.54) is 16.9 Å². The molecule has 0 bridgehead atoms. The van der Waals surface area contributed by atoms with Crippen LogP contribution in [0.4, 0.5) is 4.39 Å². The minimum atomic E-state index is -0.436. The van der Waals surface area contributed by atoms with Gasteiger partial charge in [0.15, 0.2) is 0 Å². The molecule has 1 unspecified atom stereocenters. The molecule has 0 saturated heterocycles. The van der Waals surface area contributed by atoms with Crippen LogP contribution in [-0.4, -0.2) is 26.2 Å². The predicted octanol–water partition coefficient (Wildman–Crippen LogP) is 3.67. The lowest BCUT2D eigenvalue weighted by atomic mass is 10.1. The molecule has 4 rings (SSSR count). The monoisotopic (exact) mass is 335 g/mol. The van der Waals surface area contributed by atoms with E-state index in [0.717, 1.165) is 12.1 Å². The van der Waals surface area contributed by atoms with Crippen molar-refractivity contribution in [2.24, 2.45) is 4.99 Å². The zero-order chi connectivity index (χ0) is 17.1. The molecule has 0 radical (unpaired) electrons. The van der Waals surface area contributed by atoms with Gasteiger partial charge in [-0.3, -0.25) is 9.98 Å². The number of dihydropyridines is 1. The average Bonchev–Trinajstić information content (AvgIpc) is 3.13. The molecule has 2 aromatic heterocycles. The number of pyridine rings is 1. The molecule has 0 amide bonds. The van der Waals surface area contributed by atoms with Crippen molar-refractivity contribution >= 4 is 6.21 Å². The molecule has 1 aliphatic rings. The zero-order valence-electron chi connectivity index (χ0n) is 13.2. The van der Waals surface area contributed by atoms with Gasteiger partial charge in [0.25, 0.3) is 0 Å². The van der Waals surface area contributed by atoms with Crippen molar-refractivity contribution in [3.63, 3.8) is 0 Å². The van der Waals surface area contributed by atoms with E-state index < -0.39 is 5.82 Å². The Morgan fingerprint density at radius 1 is 1.16 bits per heavy atom. The van der Waals surface area contributed by atoms with Crippen LogP contribution in [0.5, 0.6) is 11.5 Å². The van der Waals surface area contributed by atoms with Gasteiger partial charge >= 0.3 is 0 Å². The summed E-state index contributed by atoms with van der Waals surface area (Å²) in [4.78, 5) is 9.71. The van der Waals surface area contributed by atoms with Crippen LogP contribution in [0.2, 0.25) is 0 Å². The summed E-state index contributed by atoms with van der Waals surface area (Å²) < 4.78 is 19.6. The number of benzene rings is 1. The molecule has 124 valence electrons. The minimum Gasteiger partial charge on any atom is -0.456 e. The molecule has 0 fully saturated rings. The Bertz CT molecular complexity index is 936. The molecule has 1 aliphatic heterocycles. The minimum absolute atomic E-state index is 0.0570. The first-order chi connectivity index (χ1) is 12.3. The lowest BCUT2D eigenvalue weighted by Gasteiger charge is -2.09. The number of hydrogen-bond donors (Lipinski definition) is 0. The maximum absolute atomic E-state index is 14.0. The van der Waals surface area contributed by atoms with E-state index in [4.69, 9.17) is 4.74 Å². The van der Waals surface area contributed by atoms with Crippen LogP contribution in [0.1, 0.15) is 18.2 Å². The van der Waals surface area contributed by atoms with Gasteiger partial charge in [0.05, 0.1) is 24.1 Å². The van der Waals surface area contributed by atoms with Gasteiger partial charge in [-0.15, -0.1) is 0 Å². The van der Waals surface area contributed by atoms with Crippen LogP contribution in [0.25, 0.3) is 5.69 Å². The number of hydrogen-bond acceptors (Lipinski definition) is 5. The highest BCUT2D eigenvalue weighted by atomic mass is 19.1. The molecule has 3 heterocycles. The third-order valence-corrected chi connectivity index (χ3v) is 3.66. The van der Waals surface area contributed by atoms with E-state index in [-0.39, 0.29) is 6.04 Å².